The minimum Gasteiger partial charge on any atom is -0.253 e. The summed E-state index contributed by atoms with van der Waals surface area (Å²) in [6.07, 6.45) is 1.77. The molecule has 0 atom stereocenters. The molecule has 0 fully saturated rings. The van der Waals surface area contributed by atoms with E-state index in [4.69, 9.17) is 24.5 Å². The molecular formula is C28H19BClFN2. The second kappa shape index (κ2) is 8.72. The summed E-state index contributed by atoms with van der Waals surface area (Å²) in [5.41, 5.74) is 3.26. The van der Waals surface area contributed by atoms with Gasteiger partial charge in [0.2, 0.25) is 0 Å². The van der Waals surface area contributed by atoms with Gasteiger partial charge in [-0.05, 0) is 34.9 Å². The molecule has 0 unspecified atom stereocenters. The Hall–Kier alpha value is -3.63. The third kappa shape index (κ3) is 3.67. The highest BCUT2D eigenvalue weighted by atomic mass is 35.5. The number of hydrogen-bond donors (Lipinski definition) is 0. The summed E-state index contributed by atoms with van der Waals surface area (Å²) in [5, 5.41) is 5.20. The minimum absolute atomic E-state index is 0.304. The van der Waals surface area contributed by atoms with Crippen molar-refractivity contribution >= 4 is 24.9 Å². The zero-order valence-electron chi connectivity index (χ0n) is 17.7. The second-order valence-electron chi connectivity index (χ2n) is 7.81. The Kier molecular flexibility index (Phi) is 5.61. The Balaban J connectivity index is 1.85. The maximum atomic E-state index is 14.8. The zero-order chi connectivity index (χ0) is 22.8. The maximum Gasteiger partial charge on any atom is 0.137 e. The van der Waals surface area contributed by atoms with Crippen LogP contribution in [-0.2, 0) is 5.54 Å². The Bertz CT molecular complexity index is 1290. The molecule has 0 spiro atoms. The van der Waals surface area contributed by atoms with Crippen LogP contribution in [0.2, 0.25) is 5.02 Å². The fraction of sp³-hybridized carbons (Fsp3) is 0.0357. The van der Waals surface area contributed by atoms with Crippen LogP contribution in [-0.4, -0.2) is 17.6 Å². The summed E-state index contributed by atoms with van der Waals surface area (Å²) in [5.74, 6) is -0.468. The number of rotatable bonds is 5. The van der Waals surface area contributed by atoms with Crippen molar-refractivity contribution in [1.29, 1.82) is 0 Å². The van der Waals surface area contributed by atoms with Crippen LogP contribution in [0.4, 0.5) is 4.39 Å². The first-order chi connectivity index (χ1) is 16.1. The molecule has 1 aromatic heterocycles. The van der Waals surface area contributed by atoms with Crippen LogP contribution in [0, 0.1) is 5.82 Å². The molecule has 33 heavy (non-hydrogen) atoms. The largest absolute Gasteiger partial charge is 0.253 e. The first kappa shape index (κ1) is 21.2. The van der Waals surface area contributed by atoms with Gasteiger partial charge in [0.1, 0.15) is 19.2 Å². The third-order valence-electron chi connectivity index (χ3n) is 5.85. The molecule has 0 aliphatic heterocycles. The Morgan fingerprint density at radius 3 is 1.67 bits per heavy atom. The molecule has 2 radical (unpaired) electrons. The molecule has 0 bridgehead atoms. The van der Waals surface area contributed by atoms with Crippen molar-refractivity contribution in [2.24, 2.45) is 0 Å². The lowest BCUT2D eigenvalue weighted by atomic mass is 9.77. The van der Waals surface area contributed by atoms with Crippen molar-refractivity contribution in [3.8, 4) is 11.3 Å². The second-order valence-corrected chi connectivity index (χ2v) is 8.25. The number of hydrogen-bond acceptors (Lipinski definition) is 1. The van der Waals surface area contributed by atoms with Crippen LogP contribution in [0.5, 0.6) is 0 Å². The number of nitrogens with zero attached hydrogens (tertiary/aromatic N) is 2. The number of aromatic nitrogens is 2. The molecule has 158 valence electrons. The van der Waals surface area contributed by atoms with Crippen molar-refractivity contribution in [2.75, 3.05) is 0 Å². The topological polar surface area (TPSA) is 17.8 Å². The van der Waals surface area contributed by atoms with E-state index in [1.54, 1.807) is 18.3 Å². The molecule has 2 nitrogen and oxygen atoms in total. The zero-order valence-corrected chi connectivity index (χ0v) is 18.5. The van der Waals surface area contributed by atoms with Gasteiger partial charge in [-0.1, -0.05) is 108 Å². The fourth-order valence-corrected chi connectivity index (χ4v) is 4.54. The minimum atomic E-state index is -0.820. The molecule has 0 aliphatic rings. The van der Waals surface area contributed by atoms with Gasteiger partial charge in [0.25, 0.3) is 0 Å². The molecule has 0 saturated heterocycles. The molecule has 0 N–H and O–H groups in total. The van der Waals surface area contributed by atoms with E-state index in [9.17, 15) is 4.39 Å². The molecule has 1 heterocycles. The summed E-state index contributed by atoms with van der Waals surface area (Å²) in [4.78, 5) is 0. The average Bonchev–Trinajstić information content (AvgIpc) is 3.23. The lowest BCUT2D eigenvalue weighted by Crippen LogP contribution is -2.38. The molecule has 5 rings (SSSR count). The molecule has 5 aromatic rings. The van der Waals surface area contributed by atoms with Crippen LogP contribution in [0.25, 0.3) is 11.3 Å². The van der Waals surface area contributed by atoms with Crippen LogP contribution in [0.1, 0.15) is 16.7 Å². The number of benzene rings is 4. The lowest BCUT2D eigenvalue weighted by molar-refractivity contribution is 0.461. The van der Waals surface area contributed by atoms with Crippen LogP contribution >= 0.6 is 11.6 Å². The van der Waals surface area contributed by atoms with Gasteiger partial charge in [-0.15, -0.1) is 0 Å². The predicted molar refractivity (Wildman–Crippen MR) is 133 cm³/mol. The summed E-state index contributed by atoms with van der Waals surface area (Å²) >= 11 is 5.97. The summed E-state index contributed by atoms with van der Waals surface area (Å²) < 4.78 is 16.6. The fourth-order valence-electron chi connectivity index (χ4n) is 4.38. The highest BCUT2D eigenvalue weighted by Crippen LogP contribution is 2.40. The first-order valence-corrected chi connectivity index (χ1v) is 11.0. The lowest BCUT2D eigenvalue weighted by Gasteiger charge is -2.36. The molecule has 4 aromatic carbocycles. The Morgan fingerprint density at radius 2 is 1.21 bits per heavy atom. The predicted octanol–water partition coefficient (Wildman–Crippen LogP) is 5.98. The molecule has 0 aliphatic carbocycles. The Labute approximate surface area is 198 Å². The molecule has 0 amide bonds. The Morgan fingerprint density at radius 1 is 0.727 bits per heavy atom. The monoisotopic (exact) mass is 448 g/mol. The first-order valence-electron chi connectivity index (χ1n) is 10.6. The third-order valence-corrected chi connectivity index (χ3v) is 6.08. The van der Waals surface area contributed by atoms with E-state index in [1.807, 2.05) is 59.3 Å². The van der Waals surface area contributed by atoms with Gasteiger partial charge in [0.05, 0.1) is 5.69 Å². The van der Waals surface area contributed by atoms with Gasteiger partial charge in [-0.3, -0.25) is 4.68 Å². The standard InChI is InChI=1S/C28H19BClFN2/c29-25-19-33(32-27(25)24-17-16-23(30)18-26(24)31)28(20-10-4-1-5-11-20,21-12-6-2-7-13-21)22-14-8-3-9-15-22/h1-19H. The molecule has 5 heteroatoms. The SMILES string of the molecule is [B]c1cn(C(c2ccccc2)(c2ccccc2)c2ccccc2)nc1-c1ccc(Cl)cc1F. The quantitative estimate of drug-likeness (QED) is 0.239. The van der Waals surface area contributed by atoms with Gasteiger partial charge >= 0.3 is 0 Å². The van der Waals surface area contributed by atoms with Gasteiger partial charge in [-0.25, -0.2) is 4.39 Å². The van der Waals surface area contributed by atoms with Gasteiger partial charge < -0.3 is 0 Å². The highest BCUT2D eigenvalue weighted by Gasteiger charge is 2.39. The van der Waals surface area contributed by atoms with Crippen LogP contribution in [0.3, 0.4) is 0 Å². The molecule has 0 saturated carbocycles. The smallest absolute Gasteiger partial charge is 0.137 e. The van der Waals surface area contributed by atoms with Crippen molar-refractivity contribution in [1.82, 2.24) is 9.78 Å². The van der Waals surface area contributed by atoms with E-state index in [0.29, 0.717) is 21.7 Å². The summed E-state index contributed by atoms with van der Waals surface area (Å²) in [6.45, 7) is 0. The average molecular weight is 449 g/mol. The van der Waals surface area contributed by atoms with E-state index >= 15 is 0 Å². The van der Waals surface area contributed by atoms with Crippen molar-refractivity contribution in [2.45, 2.75) is 5.54 Å². The van der Waals surface area contributed by atoms with E-state index < -0.39 is 11.4 Å². The maximum absolute atomic E-state index is 14.8. The van der Waals surface area contributed by atoms with E-state index in [2.05, 4.69) is 36.4 Å². The van der Waals surface area contributed by atoms with E-state index in [-0.39, 0.29) is 0 Å². The number of halogens is 2. The molecular weight excluding hydrogens is 430 g/mol. The highest BCUT2D eigenvalue weighted by molar-refractivity contribution is 6.35. The van der Waals surface area contributed by atoms with E-state index in [1.165, 1.54) is 6.07 Å². The van der Waals surface area contributed by atoms with Crippen molar-refractivity contribution < 1.29 is 4.39 Å². The van der Waals surface area contributed by atoms with Gasteiger partial charge in [-0.2, -0.15) is 5.10 Å². The van der Waals surface area contributed by atoms with Gasteiger partial charge in [0, 0.05) is 16.8 Å². The summed E-state index contributed by atoms with van der Waals surface area (Å²) in [6, 6.07) is 34.9. The summed E-state index contributed by atoms with van der Waals surface area (Å²) in [7, 11) is 6.43. The van der Waals surface area contributed by atoms with E-state index in [0.717, 1.165) is 16.7 Å². The van der Waals surface area contributed by atoms with Crippen LogP contribution < -0.4 is 5.46 Å². The normalized spacial score (nSPS) is 11.5. The van der Waals surface area contributed by atoms with Crippen molar-refractivity contribution in [3.63, 3.8) is 0 Å². The van der Waals surface area contributed by atoms with Crippen molar-refractivity contribution in [3.05, 3.63) is 143 Å². The van der Waals surface area contributed by atoms with Gasteiger partial charge in [0.15, 0.2) is 0 Å². The van der Waals surface area contributed by atoms with Crippen LogP contribution in [0.15, 0.2) is 115 Å².